The van der Waals surface area contributed by atoms with E-state index in [1.807, 2.05) is 17.5 Å². The second-order valence-corrected chi connectivity index (χ2v) is 7.17. The van der Waals surface area contributed by atoms with Gasteiger partial charge in [-0.3, -0.25) is 4.79 Å². The number of carbonyl (C=O) groups is 1. The van der Waals surface area contributed by atoms with Gasteiger partial charge in [0, 0.05) is 17.0 Å². The van der Waals surface area contributed by atoms with Crippen molar-refractivity contribution in [2.75, 3.05) is 11.5 Å². The average molecular weight is 271 g/mol. The minimum Gasteiger partial charge on any atom is -0.349 e. The van der Waals surface area contributed by atoms with E-state index in [0.29, 0.717) is 6.42 Å². The van der Waals surface area contributed by atoms with Gasteiger partial charge < -0.3 is 5.32 Å². The van der Waals surface area contributed by atoms with Crippen LogP contribution >= 0.6 is 11.3 Å². The summed E-state index contributed by atoms with van der Waals surface area (Å²) in [4.78, 5) is 12.5. The number of carbonyl (C=O) groups excluding carboxylic acids is 1. The van der Waals surface area contributed by atoms with Gasteiger partial charge in [-0.15, -0.1) is 11.3 Å². The van der Waals surface area contributed by atoms with Gasteiger partial charge in [-0.25, -0.2) is 8.42 Å². The summed E-state index contributed by atoms with van der Waals surface area (Å²) in [5, 5.41) is 4.63. The van der Waals surface area contributed by atoms with Crippen molar-refractivity contribution < 1.29 is 13.2 Å². The lowest BCUT2D eigenvalue weighted by molar-refractivity contribution is -0.116. The van der Waals surface area contributed by atoms with Crippen LogP contribution in [0.15, 0.2) is 23.6 Å². The first kappa shape index (κ1) is 12.3. The van der Waals surface area contributed by atoms with Crippen LogP contribution in [0.25, 0.3) is 6.08 Å². The highest BCUT2D eigenvalue weighted by atomic mass is 32.2. The van der Waals surface area contributed by atoms with Crippen molar-refractivity contribution in [2.24, 2.45) is 0 Å². The van der Waals surface area contributed by atoms with E-state index in [-0.39, 0.29) is 23.5 Å². The standard InChI is InChI=1S/C11H13NO3S2/c13-11(4-3-10-2-1-6-16-10)12-9-5-7-17(14,15)8-9/h1-4,6,9H,5,7-8H2,(H,12,13)/b4-3-/t9-/m1/s1. The largest absolute Gasteiger partial charge is 0.349 e. The maximum absolute atomic E-state index is 11.5. The Labute approximate surface area is 104 Å². The molecule has 1 N–H and O–H groups in total. The molecule has 1 atom stereocenters. The van der Waals surface area contributed by atoms with E-state index >= 15 is 0 Å². The molecule has 2 rings (SSSR count). The molecule has 0 saturated carbocycles. The molecular formula is C11H13NO3S2. The van der Waals surface area contributed by atoms with Gasteiger partial charge in [0.2, 0.25) is 5.91 Å². The summed E-state index contributed by atoms with van der Waals surface area (Å²) < 4.78 is 22.4. The Morgan fingerprint density at radius 1 is 1.53 bits per heavy atom. The highest BCUT2D eigenvalue weighted by Crippen LogP contribution is 2.12. The number of amides is 1. The first-order chi connectivity index (χ1) is 8.05. The van der Waals surface area contributed by atoms with Crippen LogP contribution in [0.4, 0.5) is 0 Å². The molecule has 2 heterocycles. The summed E-state index contributed by atoms with van der Waals surface area (Å²) in [6, 6.07) is 3.58. The van der Waals surface area contributed by atoms with Crippen LogP contribution in [0, 0.1) is 0 Å². The lowest BCUT2D eigenvalue weighted by atomic mass is 10.2. The van der Waals surface area contributed by atoms with E-state index in [0.717, 1.165) is 4.88 Å². The third-order valence-corrected chi connectivity index (χ3v) is 5.13. The number of hydrogen-bond acceptors (Lipinski definition) is 4. The molecular weight excluding hydrogens is 258 g/mol. The van der Waals surface area contributed by atoms with E-state index in [9.17, 15) is 13.2 Å². The molecule has 17 heavy (non-hydrogen) atoms. The maximum atomic E-state index is 11.5. The van der Waals surface area contributed by atoms with Gasteiger partial charge in [-0.2, -0.15) is 0 Å². The number of hydrogen-bond donors (Lipinski definition) is 1. The van der Waals surface area contributed by atoms with Gasteiger partial charge >= 0.3 is 0 Å². The monoisotopic (exact) mass is 271 g/mol. The Morgan fingerprint density at radius 2 is 2.35 bits per heavy atom. The zero-order valence-electron chi connectivity index (χ0n) is 9.13. The number of rotatable bonds is 3. The third kappa shape index (κ3) is 3.67. The Kier molecular flexibility index (Phi) is 3.63. The quantitative estimate of drug-likeness (QED) is 0.836. The Hall–Kier alpha value is -1.14. The van der Waals surface area contributed by atoms with Gasteiger partial charge in [0.1, 0.15) is 0 Å². The summed E-state index contributed by atoms with van der Waals surface area (Å²) in [5.74, 6) is -0.00135. The molecule has 0 aromatic carbocycles. The predicted molar refractivity (Wildman–Crippen MR) is 68.6 cm³/mol. The molecule has 1 amide bonds. The van der Waals surface area contributed by atoms with Gasteiger partial charge in [-0.1, -0.05) is 6.07 Å². The minimum absolute atomic E-state index is 0.0611. The van der Waals surface area contributed by atoms with Crippen LogP contribution in [-0.4, -0.2) is 31.9 Å². The number of nitrogens with one attached hydrogen (secondary N) is 1. The number of sulfone groups is 1. The van der Waals surface area contributed by atoms with Gasteiger partial charge in [0.15, 0.2) is 9.84 Å². The van der Waals surface area contributed by atoms with Crippen molar-refractivity contribution in [1.82, 2.24) is 5.32 Å². The summed E-state index contributed by atoms with van der Waals surface area (Å²) in [7, 11) is -2.94. The highest BCUT2D eigenvalue weighted by molar-refractivity contribution is 7.91. The molecule has 1 fully saturated rings. The fraction of sp³-hybridized carbons (Fsp3) is 0.364. The summed E-state index contributed by atoms with van der Waals surface area (Å²) in [5.41, 5.74) is 0. The van der Waals surface area contributed by atoms with Crippen molar-refractivity contribution in [3.05, 3.63) is 28.5 Å². The van der Waals surface area contributed by atoms with E-state index < -0.39 is 9.84 Å². The molecule has 1 saturated heterocycles. The molecule has 1 aromatic heterocycles. The second kappa shape index (κ2) is 5.01. The van der Waals surface area contributed by atoms with Crippen molar-refractivity contribution in [3.63, 3.8) is 0 Å². The molecule has 0 unspecified atom stereocenters. The molecule has 0 radical (unpaired) electrons. The summed E-state index contributed by atoms with van der Waals surface area (Å²) in [6.07, 6.45) is 3.68. The second-order valence-electron chi connectivity index (χ2n) is 3.96. The van der Waals surface area contributed by atoms with E-state index in [1.165, 1.54) is 6.08 Å². The third-order valence-electron chi connectivity index (χ3n) is 2.52. The van der Waals surface area contributed by atoms with E-state index in [4.69, 9.17) is 0 Å². The molecule has 0 bridgehead atoms. The lowest BCUT2D eigenvalue weighted by Crippen LogP contribution is -2.34. The van der Waals surface area contributed by atoms with Crippen molar-refractivity contribution >= 4 is 33.2 Å². The van der Waals surface area contributed by atoms with Gasteiger partial charge in [0.05, 0.1) is 11.5 Å². The van der Waals surface area contributed by atoms with Gasteiger partial charge in [-0.05, 0) is 23.9 Å². The van der Waals surface area contributed by atoms with E-state index in [1.54, 1.807) is 17.4 Å². The van der Waals surface area contributed by atoms with E-state index in [2.05, 4.69) is 5.32 Å². The van der Waals surface area contributed by atoms with Crippen LogP contribution in [0.2, 0.25) is 0 Å². The molecule has 0 spiro atoms. The van der Waals surface area contributed by atoms with Gasteiger partial charge in [0.25, 0.3) is 0 Å². The fourth-order valence-corrected chi connectivity index (χ4v) is 3.99. The van der Waals surface area contributed by atoms with Crippen molar-refractivity contribution in [3.8, 4) is 0 Å². The number of thiophene rings is 1. The van der Waals surface area contributed by atoms with Crippen LogP contribution in [-0.2, 0) is 14.6 Å². The van der Waals surface area contributed by atoms with Crippen LogP contribution < -0.4 is 5.32 Å². The molecule has 1 aliphatic heterocycles. The van der Waals surface area contributed by atoms with Crippen LogP contribution in [0.1, 0.15) is 11.3 Å². The maximum Gasteiger partial charge on any atom is 0.244 e. The fourth-order valence-electron chi connectivity index (χ4n) is 1.70. The predicted octanol–water partition coefficient (Wildman–Crippen LogP) is 1.06. The molecule has 1 aliphatic rings. The van der Waals surface area contributed by atoms with Crippen LogP contribution in [0.3, 0.4) is 0 Å². The van der Waals surface area contributed by atoms with Crippen molar-refractivity contribution in [1.29, 1.82) is 0 Å². The minimum atomic E-state index is -2.94. The summed E-state index contributed by atoms with van der Waals surface area (Å²) >= 11 is 1.54. The molecule has 6 heteroatoms. The van der Waals surface area contributed by atoms with Crippen molar-refractivity contribution in [2.45, 2.75) is 12.5 Å². The topological polar surface area (TPSA) is 63.2 Å². The Balaban J connectivity index is 1.86. The smallest absolute Gasteiger partial charge is 0.244 e. The Bertz CT molecular complexity index is 517. The first-order valence-electron chi connectivity index (χ1n) is 5.28. The zero-order chi connectivity index (χ0) is 12.3. The average Bonchev–Trinajstić information content (AvgIpc) is 2.85. The highest BCUT2D eigenvalue weighted by Gasteiger charge is 2.28. The Morgan fingerprint density at radius 3 is 2.94 bits per heavy atom. The molecule has 0 aliphatic carbocycles. The first-order valence-corrected chi connectivity index (χ1v) is 7.98. The molecule has 4 nitrogen and oxygen atoms in total. The SMILES string of the molecule is O=C(/C=C\c1cccs1)N[C@@H]1CCS(=O)(=O)C1. The zero-order valence-corrected chi connectivity index (χ0v) is 10.8. The molecule has 1 aromatic rings. The van der Waals surface area contributed by atoms with Crippen LogP contribution in [0.5, 0.6) is 0 Å². The molecule has 92 valence electrons. The summed E-state index contributed by atoms with van der Waals surface area (Å²) in [6.45, 7) is 0. The normalized spacial score (nSPS) is 22.9. The lowest BCUT2D eigenvalue weighted by Gasteiger charge is -2.07.